The first kappa shape index (κ1) is 21.0. The molecule has 2 fully saturated rings. The Morgan fingerprint density at radius 2 is 1.38 bits per heavy atom. The number of ether oxygens (including phenoxy) is 2. The first-order valence-corrected chi connectivity index (χ1v) is 11.8. The summed E-state index contributed by atoms with van der Waals surface area (Å²) in [5.41, 5.74) is 5.64. The molecule has 0 bridgehead atoms. The lowest BCUT2D eigenvalue weighted by atomic mass is 9.99. The van der Waals surface area contributed by atoms with E-state index in [9.17, 15) is 4.79 Å². The standard InChI is InChI=1S/C29H26N2O3/c32-28(31-16-14-29(15-17-31)33-18-19-34-29)25-20-27(30-26-9-5-4-8-24(25)26)23-12-10-22(11-13-23)21-6-2-1-3-7-21/h1-13,20H,14-19H2. The molecule has 0 saturated carbocycles. The van der Waals surface area contributed by atoms with Crippen LogP contribution in [0.5, 0.6) is 0 Å². The molecule has 1 spiro atoms. The fourth-order valence-electron chi connectivity index (χ4n) is 4.97. The van der Waals surface area contributed by atoms with E-state index < -0.39 is 5.79 Å². The van der Waals surface area contributed by atoms with Gasteiger partial charge >= 0.3 is 0 Å². The van der Waals surface area contributed by atoms with Gasteiger partial charge in [-0.05, 0) is 23.3 Å². The highest BCUT2D eigenvalue weighted by Crippen LogP contribution is 2.33. The van der Waals surface area contributed by atoms with Gasteiger partial charge in [0.15, 0.2) is 5.79 Å². The van der Waals surface area contributed by atoms with Gasteiger partial charge in [0.2, 0.25) is 0 Å². The number of para-hydroxylation sites is 1. The number of hydrogen-bond donors (Lipinski definition) is 0. The normalized spacial score (nSPS) is 17.4. The number of piperidine rings is 1. The van der Waals surface area contributed by atoms with Crippen molar-refractivity contribution in [2.24, 2.45) is 0 Å². The highest BCUT2D eigenvalue weighted by Gasteiger charge is 2.41. The smallest absolute Gasteiger partial charge is 0.254 e. The van der Waals surface area contributed by atoms with Crippen LogP contribution in [0.3, 0.4) is 0 Å². The van der Waals surface area contributed by atoms with Gasteiger partial charge in [0.05, 0.1) is 30.0 Å². The van der Waals surface area contributed by atoms with E-state index in [2.05, 4.69) is 36.4 Å². The van der Waals surface area contributed by atoms with E-state index in [0.29, 0.717) is 44.7 Å². The van der Waals surface area contributed by atoms with Crippen molar-refractivity contribution >= 4 is 16.8 Å². The number of likely N-dealkylation sites (tertiary alicyclic amines) is 1. The minimum Gasteiger partial charge on any atom is -0.347 e. The molecule has 0 N–H and O–H groups in total. The number of rotatable bonds is 3. The van der Waals surface area contributed by atoms with Crippen molar-refractivity contribution in [3.63, 3.8) is 0 Å². The monoisotopic (exact) mass is 450 g/mol. The maximum absolute atomic E-state index is 13.7. The fraction of sp³-hybridized carbons (Fsp3) is 0.241. The summed E-state index contributed by atoms with van der Waals surface area (Å²) in [6.07, 6.45) is 1.41. The van der Waals surface area contributed by atoms with Crippen molar-refractivity contribution in [2.75, 3.05) is 26.3 Å². The zero-order valence-corrected chi connectivity index (χ0v) is 18.9. The molecule has 1 amide bonds. The van der Waals surface area contributed by atoms with Gasteiger partial charge in [-0.2, -0.15) is 0 Å². The molecular weight excluding hydrogens is 424 g/mol. The number of pyridine rings is 1. The predicted octanol–water partition coefficient (Wildman–Crippen LogP) is 5.55. The second-order valence-electron chi connectivity index (χ2n) is 8.92. The van der Waals surface area contributed by atoms with Gasteiger partial charge in [-0.1, -0.05) is 72.8 Å². The average Bonchev–Trinajstić information content (AvgIpc) is 3.36. The van der Waals surface area contributed by atoms with Gasteiger partial charge in [0.25, 0.3) is 5.91 Å². The first-order valence-electron chi connectivity index (χ1n) is 11.8. The van der Waals surface area contributed by atoms with Crippen molar-refractivity contribution < 1.29 is 14.3 Å². The molecule has 2 aliphatic rings. The van der Waals surface area contributed by atoms with Crippen LogP contribution >= 0.6 is 0 Å². The lowest BCUT2D eigenvalue weighted by Crippen LogP contribution is -2.47. The molecule has 3 aromatic carbocycles. The van der Waals surface area contributed by atoms with E-state index in [4.69, 9.17) is 14.5 Å². The SMILES string of the molecule is O=C(c1cc(-c2ccc(-c3ccccc3)cc2)nc2ccccc12)N1CCC2(CC1)OCCO2. The summed E-state index contributed by atoms with van der Waals surface area (Å²) in [6.45, 7) is 2.51. The van der Waals surface area contributed by atoms with Crippen molar-refractivity contribution in [3.05, 3.63) is 90.5 Å². The van der Waals surface area contributed by atoms with Gasteiger partial charge in [-0.25, -0.2) is 4.98 Å². The Labute approximate surface area is 199 Å². The number of fused-ring (bicyclic) bond motifs is 1. The van der Waals surface area contributed by atoms with Gasteiger partial charge in [-0.15, -0.1) is 0 Å². The lowest BCUT2D eigenvalue weighted by Gasteiger charge is -2.37. The number of benzene rings is 3. The molecule has 2 saturated heterocycles. The van der Waals surface area contributed by atoms with Crippen LogP contribution in [0.2, 0.25) is 0 Å². The number of amides is 1. The van der Waals surface area contributed by atoms with Crippen LogP contribution in [0.15, 0.2) is 84.9 Å². The largest absolute Gasteiger partial charge is 0.347 e. The van der Waals surface area contributed by atoms with Gasteiger partial charge < -0.3 is 14.4 Å². The van der Waals surface area contributed by atoms with E-state index in [1.165, 1.54) is 5.56 Å². The molecular formula is C29H26N2O3. The fourth-order valence-corrected chi connectivity index (χ4v) is 4.97. The highest BCUT2D eigenvalue weighted by molar-refractivity contribution is 6.07. The zero-order chi connectivity index (χ0) is 23.0. The number of carbonyl (C=O) groups is 1. The summed E-state index contributed by atoms with van der Waals surface area (Å²) in [4.78, 5) is 20.5. The second kappa shape index (κ2) is 8.67. The molecule has 3 heterocycles. The zero-order valence-electron chi connectivity index (χ0n) is 18.9. The molecule has 0 atom stereocenters. The molecule has 4 aromatic rings. The third-order valence-electron chi connectivity index (χ3n) is 6.86. The van der Waals surface area contributed by atoms with Crippen LogP contribution in [0.25, 0.3) is 33.3 Å². The predicted molar refractivity (Wildman–Crippen MR) is 132 cm³/mol. The molecule has 0 radical (unpaired) electrons. The van der Waals surface area contributed by atoms with Crippen molar-refractivity contribution in [1.82, 2.24) is 9.88 Å². The summed E-state index contributed by atoms with van der Waals surface area (Å²) < 4.78 is 11.7. The van der Waals surface area contributed by atoms with E-state index in [1.54, 1.807) is 0 Å². The summed E-state index contributed by atoms with van der Waals surface area (Å²) in [5, 5.41) is 0.880. The lowest BCUT2D eigenvalue weighted by molar-refractivity contribution is -0.181. The van der Waals surface area contributed by atoms with E-state index in [-0.39, 0.29) is 5.91 Å². The molecule has 6 rings (SSSR count). The van der Waals surface area contributed by atoms with E-state index in [1.807, 2.05) is 53.4 Å². The molecule has 0 aliphatic carbocycles. The number of aromatic nitrogens is 1. The van der Waals surface area contributed by atoms with E-state index in [0.717, 1.165) is 27.7 Å². The summed E-state index contributed by atoms with van der Waals surface area (Å²) >= 11 is 0. The number of nitrogens with zero attached hydrogens (tertiary/aromatic N) is 2. The van der Waals surface area contributed by atoms with Crippen LogP contribution < -0.4 is 0 Å². The van der Waals surface area contributed by atoms with Crippen LogP contribution in [-0.2, 0) is 9.47 Å². The maximum atomic E-state index is 13.7. The minimum absolute atomic E-state index is 0.0357. The number of hydrogen-bond acceptors (Lipinski definition) is 4. The Bertz CT molecular complexity index is 1320. The average molecular weight is 451 g/mol. The molecule has 2 aliphatic heterocycles. The van der Waals surface area contributed by atoms with Crippen LogP contribution in [0, 0.1) is 0 Å². The Hall–Kier alpha value is -3.54. The second-order valence-corrected chi connectivity index (χ2v) is 8.92. The molecule has 0 unspecified atom stereocenters. The molecule has 170 valence electrons. The Morgan fingerprint density at radius 3 is 2.12 bits per heavy atom. The van der Waals surface area contributed by atoms with Gasteiger partial charge in [0, 0.05) is 36.9 Å². The van der Waals surface area contributed by atoms with E-state index >= 15 is 0 Å². The molecule has 5 nitrogen and oxygen atoms in total. The van der Waals surface area contributed by atoms with Crippen LogP contribution in [-0.4, -0.2) is 47.9 Å². The summed E-state index contributed by atoms with van der Waals surface area (Å²) in [7, 11) is 0. The van der Waals surface area contributed by atoms with Crippen LogP contribution in [0.4, 0.5) is 0 Å². The van der Waals surface area contributed by atoms with Gasteiger partial charge in [-0.3, -0.25) is 4.79 Å². The first-order chi connectivity index (χ1) is 16.7. The summed E-state index contributed by atoms with van der Waals surface area (Å²) in [6, 6.07) is 28.5. The summed E-state index contributed by atoms with van der Waals surface area (Å²) in [5.74, 6) is -0.462. The Balaban J connectivity index is 1.32. The Morgan fingerprint density at radius 1 is 0.765 bits per heavy atom. The quantitative estimate of drug-likeness (QED) is 0.411. The maximum Gasteiger partial charge on any atom is 0.254 e. The van der Waals surface area contributed by atoms with Crippen molar-refractivity contribution in [2.45, 2.75) is 18.6 Å². The molecule has 34 heavy (non-hydrogen) atoms. The third kappa shape index (κ3) is 3.87. The van der Waals surface area contributed by atoms with Gasteiger partial charge in [0.1, 0.15) is 0 Å². The third-order valence-corrected chi connectivity index (χ3v) is 6.86. The minimum atomic E-state index is -0.497. The number of carbonyl (C=O) groups excluding carboxylic acids is 1. The molecule has 5 heteroatoms. The Kier molecular flexibility index (Phi) is 5.36. The highest BCUT2D eigenvalue weighted by atomic mass is 16.7. The van der Waals surface area contributed by atoms with Crippen LogP contribution in [0.1, 0.15) is 23.2 Å². The molecule has 1 aromatic heterocycles. The topological polar surface area (TPSA) is 51.7 Å². The van der Waals surface area contributed by atoms with Crippen molar-refractivity contribution in [3.8, 4) is 22.4 Å². The van der Waals surface area contributed by atoms with Crippen molar-refractivity contribution in [1.29, 1.82) is 0 Å².